The van der Waals surface area contributed by atoms with Crippen LogP contribution in [0.3, 0.4) is 0 Å². The molecule has 3 nitrogen and oxygen atoms in total. The highest BCUT2D eigenvalue weighted by molar-refractivity contribution is 5.46. The van der Waals surface area contributed by atoms with Gasteiger partial charge in [0.15, 0.2) is 0 Å². The van der Waals surface area contributed by atoms with Gasteiger partial charge in [-0.15, -0.1) is 0 Å². The Morgan fingerprint density at radius 1 is 1.47 bits per heavy atom. The van der Waals surface area contributed by atoms with Gasteiger partial charge < -0.3 is 10.6 Å². The summed E-state index contributed by atoms with van der Waals surface area (Å²) in [6.45, 7) is 4.19. The monoisotopic (exact) mass is 212 g/mol. The van der Waals surface area contributed by atoms with Gasteiger partial charge in [0.2, 0.25) is 6.41 Å². The molecule has 0 aromatic rings. The maximum absolute atomic E-state index is 10.5. The van der Waals surface area contributed by atoms with Crippen molar-refractivity contribution in [1.82, 2.24) is 10.6 Å². The molecule has 88 valence electrons. The Kier molecular flexibility index (Phi) is 6.41. The van der Waals surface area contributed by atoms with E-state index in [1.54, 1.807) is 0 Å². The molecule has 2 N–H and O–H groups in total. The van der Waals surface area contributed by atoms with Gasteiger partial charge in [0, 0.05) is 12.6 Å². The lowest BCUT2D eigenvalue weighted by atomic mass is 9.81. The van der Waals surface area contributed by atoms with E-state index >= 15 is 0 Å². The lowest BCUT2D eigenvalue weighted by Gasteiger charge is -2.29. The summed E-state index contributed by atoms with van der Waals surface area (Å²) in [5.74, 6) is 0.857. The van der Waals surface area contributed by atoms with Crippen LogP contribution in [0, 0.1) is 5.92 Å². The maximum atomic E-state index is 10.5. The van der Waals surface area contributed by atoms with Gasteiger partial charge in [-0.1, -0.05) is 32.6 Å². The van der Waals surface area contributed by atoms with E-state index in [0.29, 0.717) is 6.04 Å². The summed E-state index contributed by atoms with van der Waals surface area (Å²) in [5, 5.41) is 6.32. The van der Waals surface area contributed by atoms with Crippen molar-refractivity contribution in [1.29, 1.82) is 0 Å². The van der Waals surface area contributed by atoms with Crippen molar-refractivity contribution in [3.05, 3.63) is 0 Å². The van der Waals surface area contributed by atoms with Crippen LogP contribution in [0.4, 0.5) is 0 Å². The quantitative estimate of drug-likeness (QED) is 0.451. The largest absolute Gasteiger partial charge is 0.355 e. The van der Waals surface area contributed by atoms with Crippen LogP contribution in [0.1, 0.15) is 45.4 Å². The second-order valence-corrected chi connectivity index (χ2v) is 4.57. The van der Waals surface area contributed by atoms with Crippen molar-refractivity contribution >= 4 is 6.41 Å². The molecule has 3 heteroatoms. The summed E-state index contributed by atoms with van der Waals surface area (Å²) in [5.41, 5.74) is 0. The first-order valence-electron chi connectivity index (χ1n) is 6.27. The zero-order chi connectivity index (χ0) is 10.9. The lowest BCUT2D eigenvalue weighted by molar-refractivity contribution is -0.110. The zero-order valence-corrected chi connectivity index (χ0v) is 9.80. The Balaban J connectivity index is 2.08. The highest BCUT2D eigenvalue weighted by Crippen LogP contribution is 2.30. The van der Waals surface area contributed by atoms with Crippen molar-refractivity contribution in [3.63, 3.8) is 0 Å². The molecule has 0 unspecified atom stereocenters. The van der Waals surface area contributed by atoms with Crippen molar-refractivity contribution in [3.8, 4) is 0 Å². The van der Waals surface area contributed by atoms with Gasteiger partial charge in [-0.25, -0.2) is 0 Å². The molecule has 1 fully saturated rings. The van der Waals surface area contributed by atoms with E-state index in [1.165, 1.54) is 32.1 Å². The van der Waals surface area contributed by atoms with Crippen LogP contribution in [0.5, 0.6) is 0 Å². The van der Waals surface area contributed by atoms with Gasteiger partial charge in [-0.2, -0.15) is 0 Å². The molecule has 0 aliphatic heterocycles. The Hall–Kier alpha value is -0.570. The topological polar surface area (TPSA) is 41.1 Å². The Morgan fingerprint density at radius 3 is 2.80 bits per heavy atom. The number of hydrogen-bond acceptors (Lipinski definition) is 2. The lowest BCUT2D eigenvalue weighted by Crippen LogP contribution is -2.40. The number of carbonyl (C=O) groups is 1. The van der Waals surface area contributed by atoms with E-state index in [0.717, 1.165) is 31.8 Å². The van der Waals surface area contributed by atoms with Crippen molar-refractivity contribution in [2.24, 2.45) is 5.92 Å². The highest BCUT2D eigenvalue weighted by Gasteiger charge is 2.21. The number of amides is 1. The summed E-state index contributed by atoms with van der Waals surface area (Å²) >= 11 is 0. The number of nitrogens with one attached hydrogen (secondary N) is 2. The van der Waals surface area contributed by atoms with Crippen LogP contribution < -0.4 is 10.6 Å². The van der Waals surface area contributed by atoms with E-state index in [4.69, 9.17) is 0 Å². The number of carbonyl (C=O) groups excluding carboxylic acids is 1. The van der Waals surface area contributed by atoms with Crippen LogP contribution in [0.25, 0.3) is 0 Å². The molecule has 0 bridgehead atoms. The predicted molar refractivity (Wildman–Crippen MR) is 62.7 cm³/mol. The molecular weight excluding hydrogens is 188 g/mol. The average Bonchev–Trinajstić information content (AvgIpc) is 2.18. The summed E-state index contributed by atoms with van der Waals surface area (Å²) in [7, 11) is 0. The second-order valence-electron chi connectivity index (χ2n) is 4.57. The molecule has 0 spiro atoms. The number of unbranched alkanes of at least 4 members (excludes halogenated alkanes) is 1. The SMILES string of the molecule is CCCCNC[C@H](CC1CCC1)NC=O. The third-order valence-electron chi connectivity index (χ3n) is 3.24. The molecule has 1 aliphatic carbocycles. The van der Waals surface area contributed by atoms with E-state index < -0.39 is 0 Å². The number of hydrogen-bond donors (Lipinski definition) is 2. The summed E-state index contributed by atoms with van der Waals surface area (Å²) in [4.78, 5) is 10.5. The van der Waals surface area contributed by atoms with Gasteiger partial charge in [0.1, 0.15) is 0 Å². The van der Waals surface area contributed by atoms with E-state index in [9.17, 15) is 4.79 Å². The van der Waals surface area contributed by atoms with Crippen molar-refractivity contribution in [2.45, 2.75) is 51.5 Å². The zero-order valence-electron chi connectivity index (χ0n) is 9.80. The molecule has 0 aromatic carbocycles. The molecule has 15 heavy (non-hydrogen) atoms. The van der Waals surface area contributed by atoms with Gasteiger partial charge in [0.25, 0.3) is 0 Å². The summed E-state index contributed by atoms with van der Waals surface area (Å²) in [6.07, 6.45) is 8.51. The fourth-order valence-corrected chi connectivity index (χ4v) is 2.02. The summed E-state index contributed by atoms with van der Waals surface area (Å²) < 4.78 is 0. The van der Waals surface area contributed by atoms with Crippen LogP contribution in [-0.2, 0) is 4.79 Å². The minimum Gasteiger partial charge on any atom is -0.355 e. The first-order valence-corrected chi connectivity index (χ1v) is 6.27. The van der Waals surface area contributed by atoms with Crippen molar-refractivity contribution < 1.29 is 4.79 Å². The van der Waals surface area contributed by atoms with Crippen LogP contribution in [0.15, 0.2) is 0 Å². The van der Waals surface area contributed by atoms with Crippen molar-refractivity contribution in [2.75, 3.05) is 13.1 Å². The minimum absolute atomic E-state index is 0.338. The third-order valence-corrected chi connectivity index (χ3v) is 3.24. The first kappa shape index (κ1) is 12.5. The molecule has 0 saturated heterocycles. The van der Waals surface area contributed by atoms with E-state index in [1.807, 2.05) is 0 Å². The minimum atomic E-state index is 0.338. The molecule has 1 saturated carbocycles. The second kappa shape index (κ2) is 7.69. The Morgan fingerprint density at radius 2 is 2.27 bits per heavy atom. The molecular formula is C12H24N2O. The third kappa shape index (κ3) is 5.17. The fraction of sp³-hybridized carbons (Fsp3) is 0.917. The van der Waals surface area contributed by atoms with Crippen LogP contribution in [0.2, 0.25) is 0 Å². The van der Waals surface area contributed by atoms with Gasteiger partial charge in [0.05, 0.1) is 0 Å². The molecule has 0 aromatic heterocycles. The Bertz CT molecular complexity index is 169. The molecule has 0 heterocycles. The Labute approximate surface area is 93.0 Å². The smallest absolute Gasteiger partial charge is 0.207 e. The predicted octanol–water partition coefficient (Wildman–Crippen LogP) is 1.68. The fourth-order valence-electron chi connectivity index (χ4n) is 2.02. The normalized spacial score (nSPS) is 18.2. The van der Waals surface area contributed by atoms with Gasteiger partial charge in [-0.3, -0.25) is 4.79 Å². The molecule has 1 amide bonds. The molecule has 1 aliphatic rings. The molecule has 1 atom stereocenters. The van der Waals surface area contributed by atoms with Crippen LogP contribution >= 0.6 is 0 Å². The average molecular weight is 212 g/mol. The number of rotatable bonds is 9. The van der Waals surface area contributed by atoms with E-state index in [-0.39, 0.29) is 0 Å². The van der Waals surface area contributed by atoms with Gasteiger partial charge in [-0.05, 0) is 25.3 Å². The standard InChI is InChI=1S/C12H24N2O/c1-2-3-7-13-9-12(14-10-15)8-11-5-4-6-11/h10-13H,2-9H2,1H3,(H,14,15)/t12-/m0/s1. The van der Waals surface area contributed by atoms with Crippen LogP contribution in [-0.4, -0.2) is 25.5 Å². The first-order chi connectivity index (χ1) is 7.36. The summed E-state index contributed by atoms with van der Waals surface area (Å²) in [6, 6.07) is 0.338. The highest BCUT2D eigenvalue weighted by atomic mass is 16.1. The maximum Gasteiger partial charge on any atom is 0.207 e. The molecule has 1 rings (SSSR count). The van der Waals surface area contributed by atoms with Gasteiger partial charge >= 0.3 is 0 Å². The molecule has 0 radical (unpaired) electrons. The van der Waals surface area contributed by atoms with E-state index in [2.05, 4.69) is 17.6 Å².